The summed E-state index contributed by atoms with van der Waals surface area (Å²) in [6.45, 7) is 4.31. The number of nitrogens with zero attached hydrogens (tertiary/aromatic N) is 2. The first-order valence-corrected chi connectivity index (χ1v) is 10.7. The average molecular weight is 417 g/mol. The lowest BCUT2D eigenvalue weighted by Gasteiger charge is -2.15. The number of imidazole rings is 1. The Morgan fingerprint density at radius 2 is 1.86 bits per heavy atom. The van der Waals surface area contributed by atoms with Gasteiger partial charge in [0.2, 0.25) is 15.9 Å². The molecule has 0 bridgehead atoms. The molecule has 2 aromatic carbocycles. The summed E-state index contributed by atoms with van der Waals surface area (Å²) in [6.07, 6.45) is 0. The SMILES string of the molecule is COc1ccc(S(=O)(=O)N[C@@H](C)C(=O)NCCn2c(C)nc3ccccc32)cc1. The summed E-state index contributed by atoms with van der Waals surface area (Å²) in [5, 5.41) is 2.77. The van der Waals surface area contributed by atoms with Crippen LogP contribution in [0.1, 0.15) is 12.7 Å². The van der Waals surface area contributed by atoms with Gasteiger partial charge in [-0.05, 0) is 50.2 Å². The normalized spacial score (nSPS) is 12.7. The van der Waals surface area contributed by atoms with Crippen LogP contribution >= 0.6 is 0 Å². The van der Waals surface area contributed by atoms with Crippen LogP contribution in [-0.4, -0.2) is 43.6 Å². The summed E-state index contributed by atoms with van der Waals surface area (Å²) >= 11 is 0. The van der Waals surface area contributed by atoms with Crippen molar-refractivity contribution >= 4 is 27.0 Å². The van der Waals surface area contributed by atoms with E-state index in [-0.39, 0.29) is 4.90 Å². The van der Waals surface area contributed by atoms with Gasteiger partial charge in [0.15, 0.2) is 0 Å². The fourth-order valence-electron chi connectivity index (χ4n) is 3.03. The van der Waals surface area contributed by atoms with E-state index in [1.807, 2.05) is 35.8 Å². The Bertz CT molecular complexity index is 1110. The minimum absolute atomic E-state index is 0.0680. The van der Waals surface area contributed by atoms with E-state index in [4.69, 9.17) is 4.74 Å². The molecule has 0 fully saturated rings. The van der Waals surface area contributed by atoms with Crippen LogP contribution in [-0.2, 0) is 21.4 Å². The van der Waals surface area contributed by atoms with Gasteiger partial charge >= 0.3 is 0 Å². The molecule has 3 rings (SSSR count). The maximum absolute atomic E-state index is 12.5. The summed E-state index contributed by atoms with van der Waals surface area (Å²) in [5.41, 5.74) is 1.89. The third-order valence-corrected chi connectivity index (χ3v) is 6.13. The van der Waals surface area contributed by atoms with Gasteiger partial charge in [-0.1, -0.05) is 12.1 Å². The number of rotatable bonds is 8. The van der Waals surface area contributed by atoms with Gasteiger partial charge in [0.25, 0.3) is 0 Å². The molecule has 0 aliphatic rings. The van der Waals surface area contributed by atoms with E-state index in [1.165, 1.54) is 26.2 Å². The zero-order chi connectivity index (χ0) is 21.0. The number of nitrogens with one attached hydrogen (secondary N) is 2. The number of amides is 1. The van der Waals surface area contributed by atoms with Crippen molar-refractivity contribution in [2.24, 2.45) is 0 Å². The Morgan fingerprint density at radius 1 is 1.17 bits per heavy atom. The van der Waals surface area contributed by atoms with Crippen LogP contribution in [0.25, 0.3) is 11.0 Å². The largest absolute Gasteiger partial charge is 0.497 e. The Hall–Kier alpha value is -2.91. The highest BCUT2D eigenvalue weighted by Gasteiger charge is 2.22. The number of fused-ring (bicyclic) bond motifs is 1. The second kappa shape index (κ2) is 8.62. The van der Waals surface area contributed by atoms with Crippen LogP contribution < -0.4 is 14.8 Å². The van der Waals surface area contributed by atoms with E-state index in [9.17, 15) is 13.2 Å². The molecule has 3 aromatic rings. The molecular weight excluding hydrogens is 392 g/mol. The molecule has 8 nitrogen and oxygen atoms in total. The van der Waals surface area contributed by atoms with Gasteiger partial charge in [-0.15, -0.1) is 0 Å². The average Bonchev–Trinajstić information content (AvgIpc) is 3.03. The predicted octanol–water partition coefficient (Wildman–Crippen LogP) is 1.84. The molecule has 1 aromatic heterocycles. The van der Waals surface area contributed by atoms with E-state index >= 15 is 0 Å². The maximum atomic E-state index is 12.5. The molecule has 2 N–H and O–H groups in total. The number of aromatic nitrogens is 2. The van der Waals surface area contributed by atoms with Crippen LogP contribution in [0.15, 0.2) is 53.4 Å². The smallest absolute Gasteiger partial charge is 0.241 e. The van der Waals surface area contributed by atoms with E-state index in [2.05, 4.69) is 15.0 Å². The molecule has 0 unspecified atom stereocenters. The van der Waals surface area contributed by atoms with Crippen LogP contribution in [0.5, 0.6) is 5.75 Å². The second-order valence-corrected chi connectivity index (χ2v) is 8.32. The van der Waals surface area contributed by atoms with Crippen molar-refractivity contribution in [3.8, 4) is 5.75 Å². The maximum Gasteiger partial charge on any atom is 0.241 e. The summed E-state index contributed by atoms with van der Waals surface area (Å²) in [4.78, 5) is 16.9. The third kappa shape index (κ3) is 4.75. The first-order chi connectivity index (χ1) is 13.8. The van der Waals surface area contributed by atoms with Crippen molar-refractivity contribution in [1.29, 1.82) is 0 Å². The molecule has 0 saturated heterocycles. The Labute approximate surface area is 169 Å². The van der Waals surface area contributed by atoms with Crippen LogP contribution in [0, 0.1) is 6.92 Å². The Kier molecular flexibility index (Phi) is 6.19. The number of hydrogen-bond donors (Lipinski definition) is 2. The van der Waals surface area contributed by atoms with E-state index in [0.29, 0.717) is 18.8 Å². The van der Waals surface area contributed by atoms with Gasteiger partial charge in [0.1, 0.15) is 11.6 Å². The third-order valence-electron chi connectivity index (χ3n) is 4.57. The van der Waals surface area contributed by atoms with Crippen LogP contribution in [0.3, 0.4) is 0 Å². The van der Waals surface area contributed by atoms with Gasteiger partial charge in [0, 0.05) is 13.1 Å². The topological polar surface area (TPSA) is 102 Å². The summed E-state index contributed by atoms with van der Waals surface area (Å²) in [6, 6.07) is 12.8. The van der Waals surface area contributed by atoms with E-state index < -0.39 is 22.0 Å². The van der Waals surface area contributed by atoms with Gasteiger partial charge in [-0.2, -0.15) is 4.72 Å². The number of sulfonamides is 1. The zero-order valence-corrected chi connectivity index (χ0v) is 17.4. The Balaban J connectivity index is 1.58. The fourth-order valence-corrected chi connectivity index (χ4v) is 4.23. The molecule has 1 atom stereocenters. The molecule has 9 heteroatoms. The van der Waals surface area contributed by atoms with Gasteiger partial charge in [0.05, 0.1) is 29.1 Å². The van der Waals surface area contributed by atoms with Crippen molar-refractivity contribution in [2.75, 3.05) is 13.7 Å². The lowest BCUT2D eigenvalue weighted by atomic mass is 10.3. The molecular formula is C20H24N4O4S. The van der Waals surface area contributed by atoms with E-state index in [1.54, 1.807) is 12.1 Å². The highest BCUT2D eigenvalue weighted by molar-refractivity contribution is 7.89. The van der Waals surface area contributed by atoms with Crippen molar-refractivity contribution in [3.63, 3.8) is 0 Å². The minimum Gasteiger partial charge on any atom is -0.497 e. The van der Waals surface area contributed by atoms with E-state index in [0.717, 1.165) is 16.9 Å². The van der Waals surface area contributed by atoms with Crippen molar-refractivity contribution in [2.45, 2.75) is 31.3 Å². The van der Waals surface area contributed by atoms with Crippen LogP contribution in [0.4, 0.5) is 0 Å². The van der Waals surface area contributed by atoms with Crippen molar-refractivity contribution in [1.82, 2.24) is 19.6 Å². The number of carbonyl (C=O) groups is 1. The first-order valence-electron chi connectivity index (χ1n) is 9.18. The zero-order valence-electron chi connectivity index (χ0n) is 16.5. The van der Waals surface area contributed by atoms with Crippen LogP contribution in [0.2, 0.25) is 0 Å². The molecule has 29 heavy (non-hydrogen) atoms. The molecule has 0 aliphatic heterocycles. The lowest BCUT2D eigenvalue weighted by Crippen LogP contribution is -2.45. The summed E-state index contributed by atoms with van der Waals surface area (Å²) < 4.78 is 34.3. The standard InChI is InChI=1S/C20H24N4O4S/c1-14(23-29(26,27)17-10-8-16(28-3)9-11-17)20(25)21-12-13-24-15(2)22-18-6-4-5-7-19(18)24/h4-11,14,23H,12-13H2,1-3H3,(H,21,25)/t14-/m0/s1. The summed E-state index contributed by atoms with van der Waals surface area (Å²) in [7, 11) is -2.31. The van der Waals surface area contributed by atoms with Gasteiger partial charge in [-0.25, -0.2) is 13.4 Å². The highest BCUT2D eigenvalue weighted by Crippen LogP contribution is 2.16. The molecule has 1 amide bonds. The fraction of sp³-hybridized carbons (Fsp3) is 0.300. The first kappa shape index (κ1) is 20.8. The van der Waals surface area contributed by atoms with Crippen molar-refractivity contribution < 1.29 is 17.9 Å². The highest BCUT2D eigenvalue weighted by atomic mass is 32.2. The quantitative estimate of drug-likeness (QED) is 0.583. The molecule has 154 valence electrons. The number of hydrogen-bond acceptors (Lipinski definition) is 5. The Morgan fingerprint density at radius 3 is 2.55 bits per heavy atom. The molecule has 0 aliphatic carbocycles. The van der Waals surface area contributed by atoms with Crippen molar-refractivity contribution in [3.05, 3.63) is 54.4 Å². The number of carbonyl (C=O) groups excluding carboxylic acids is 1. The molecule has 0 radical (unpaired) electrons. The lowest BCUT2D eigenvalue weighted by molar-refractivity contribution is -0.122. The number of methoxy groups -OCH3 is 1. The number of para-hydroxylation sites is 2. The number of ether oxygens (including phenoxy) is 1. The number of aryl methyl sites for hydroxylation is 1. The van der Waals surface area contributed by atoms with Gasteiger partial charge in [-0.3, -0.25) is 4.79 Å². The minimum atomic E-state index is -3.81. The van der Waals surface area contributed by atoms with Gasteiger partial charge < -0.3 is 14.6 Å². The molecule has 0 spiro atoms. The monoisotopic (exact) mass is 416 g/mol. The summed E-state index contributed by atoms with van der Waals surface area (Å²) in [5.74, 6) is 1.01. The molecule has 1 heterocycles. The number of benzene rings is 2. The molecule has 0 saturated carbocycles. The second-order valence-electron chi connectivity index (χ2n) is 6.61. The predicted molar refractivity (Wildman–Crippen MR) is 110 cm³/mol.